The number of carboxylic acid groups (broad SMARTS) is 4. The highest BCUT2D eigenvalue weighted by molar-refractivity contribution is 8.77. The summed E-state index contributed by atoms with van der Waals surface area (Å²) in [6, 6.07) is 0. The van der Waals surface area contributed by atoms with Crippen LogP contribution < -0.4 is 0 Å². The molecule has 0 aliphatic rings. The Morgan fingerprint density at radius 2 is 0.800 bits per heavy atom. The van der Waals surface area contributed by atoms with Crippen LogP contribution in [0.3, 0.4) is 0 Å². The predicted molar refractivity (Wildman–Crippen MR) is 71.8 cm³/mol. The van der Waals surface area contributed by atoms with Crippen LogP contribution in [0.25, 0.3) is 0 Å². The zero-order chi connectivity index (χ0) is 15.7. The summed E-state index contributed by atoms with van der Waals surface area (Å²) < 4.78 is 0. The van der Waals surface area contributed by atoms with E-state index >= 15 is 0 Å². The Morgan fingerprint density at radius 1 is 0.600 bits per heavy atom. The van der Waals surface area contributed by atoms with Crippen LogP contribution in [0.1, 0.15) is 25.7 Å². The number of rotatable bonds is 11. The molecule has 0 rings (SSSR count). The lowest BCUT2D eigenvalue weighted by atomic mass is 10.2. The van der Waals surface area contributed by atoms with Gasteiger partial charge in [0.2, 0.25) is 0 Å². The molecule has 0 saturated carbocycles. The third kappa shape index (κ3) is 10.5. The SMILES string of the molecule is O=C(O)CC(CC(=O)O)SSC(CC(=O)O)CC(=O)O. The van der Waals surface area contributed by atoms with Gasteiger partial charge in [0, 0.05) is 10.5 Å². The first-order valence-electron chi connectivity index (χ1n) is 5.40. The van der Waals surface area contributed by atoms with Crippen LogP contribution in [0.5, 0.6) is 0 Å². The molecule has 0 spiro atoms. The monoisotopic (exact) mass is 326 g/mol. The Bertz CT molecular complexity index is 315. The highest BCUT2D eigenvalue weighted by atomic mass is 33.1. The second kappa shape index (κ2) is 9.48. The summed E-state index contributed by atoms with van der Waals surface area (Å²) in [5.74, 6) is -4.68. The minimum atomic E-state index is -1.17. The quantitative estimate of drug-likeness (QED) is 0.405. The fourth-order valence-electron chi connectivity index (χ4n) is 1.22. The van der Waals surface area contributed by atoms with Crippen molar-refractivity contribution in [1.82, 2.24) is 0 Å². The van der Waals surface area contributed by atoms with Crippen molar-refractivity contribution in [2.75, 3.05) is 0 Å². The average molecular weight is 326 g/mol. The van der Waals surface area contributed by atoms with Gasteiger partial charge in [-0.3, -0.25) is 19.2 Å². The van der Waals surface area contributed by atoms with Crippen LogP contribution in [0.2, 0.25) is 0 Å². The maximum absolute atomic E-state index is 10.6. The lowest BCUT2D eigenvalue weighted by Gasteiger charge is -2.16. The van der Waals surface area contributed by atoms with E-state index < -0.39 is 60.1 Å². The first-order chi connectivity index (χ1) is 9.20. The molecule has 0 radical (unpaired) electrons. The van der Waals surface area contributed by atoms with Crippen molar-refractivity contribution in [2.45, 2.75) is 36.2 Å². The normalized spacial score (nSPS) is 10.7. The molecule has 0 saturated heterocycles. The molecule has 0 bridgehead atoms. The first kappa shape index (κ1) is 18.6. The molecular formula is C10H14O8S2. The van der Waals surface area contributed by atoms with Crippen molar-refractivity contribution in [1.29, 1.82) is 0 Å². The van der Waals surface area contributed by atoms with Gasteiger partial charge in [0.25, 0.3) is 0 Å². The topological polar surface area (TPSA) is 149 Å². The Balaban J connectivity index is 4.49. The zero-order valence-electron chi connectivity index (χ0n) is 10.2. The van der Waals surface area contributed by atoms with Crippen molar-refractivity contribution in [3.8, 4) is 0 Å². The lowest BCUT2D eigenvalue weighted by molar-refractivity contribution is -0.140. The Morgan fingerprint density at radius 3 is 0.950 bits per heavy atom. The molecule has 0 atom stereocenters. The standard InChI is InChI=1S/C10H14O8S2/c11-7(12)1-5(2-8(13)14)19-20-6(3-9(15)16)4-10(17)18/h5-6H,1-4H2,(H,11,12)(H,13,14)(H,15,16)(H,17,18). The van der Waals surface area contributed by atoms with Crippen LogP contribution in [0.4, 0.5) is 0 Å². The van der Waals surface area contributed by atoms with E-state index in [0.29, 0.717) is 0 Å². The third-order valence-electron chi connectivity index (χ3n) is 1.94. The van der Waals surface area contributed by atoms with Gasteiger partial charge in [-0.15, -0.1) is 0 Å². The van der Waals surface area contributed by atoms with Crippen molar-refractivity contribution < 1.29 is 39.6 Å². The molecule has 114 valence electrons. The summed E-state index contributed by atoms with van der Waals surface area (Å²) in [4.78, 5) is 42.4. The highest BCUT2D eigenvalue weighted by Gasteiger charge is 2.23. The van der Waals surface area contributed by atoms with Gasteiger partial charge in [0.1, 0.15) is 0 Å². The Kier molecular flexibility index (Phi) is 8.81. The molecule has 0 amide bonds. The minimum absolute atomic E-state index is 0.392. The van der Waals surface area contributed by atoms with Gasteiger partial charge in [-0.05, 0) is 0 Å². The molecule has 0 aromatic carbocycles. The number of hydrogen-bond donors (Lipinski definition) is 4. The molecule has 0 unspecified atom stereocenters. The van der Waals surface area contributed by atoms with Crippen LogP contribution in [0.15, 0.2) is 0 Å². The van der Waals surface area contributed by atoms with Gasteiger partial charge in [-0.1, -0.05) is 21.6 Å². The van der Waals surface area contributed by atoms with E-state index in [1.165, 1.54) is 0 Å². The van der Waals surface area contributed by atoms with Crippen molar-refractivity contribution in [3.63, 3.8) is 0 Å². The molecule has 0 fully saturated rings. The largest absolute Gasteiger partial charge is 0.481 e. The van der Waals surface area contributed by atoms with Crippen LogP contribution in [-0.4, -0.2) is 54.8 Å². The van der Waals surface area contributed by atoms with Gasteiger partial charge >= 0.3 is 23.9 Å². The summed E-state index contributed by atoms with van der Waals surface area (Å²) in [6.45, 7) is 0. The molecule has 4 N–H and O–H groups in total. The molecule has 0 aromatic heterocycles. The number of aliphatic carboxylic acids is 4. The Hall–Kier alpha value is -1.42. The number of hydrogen-bond acceptors (Lipinski definition) is 6. The molecule has 10 heteroatoms. The van der Waals surface area contributed by atoms with Crippen molar-refractivity contribution in [2.24, 2.45) is 0 Å². The minimum Gasteiger partial charge on any atom is -0.481 e. The van der Waals surface area contributed by atoms with Crippen molar-refractivity contribution >= 4 is 45.5 Å². The first-order valence-corrected chi connectivity index (χ1v) is 7.67. The van der Waals surface area contributed by atoms with Gasteiger partial charge in [0.05, 0.1) is 25.7 Å². The summed E-state index contributed by atoms with van der Waals surface area (Å²) in [6.07, 6.45) is -1.57. The molecule has 0 aromatic rings. The summed E-state index contributed by atoms with van der Waals surface area (Å²) in [7, 11) is 1.80. The summed E-state index contributed by atoms with van der Waals surface area (Å²) in [5, 5.41) is 33.1. The smallest absolute Gasteiger partial charge is 0.304 e. The summed E-state index contributed by atoms with van der Waals surface area (Å²) >= 11 is 0. The van der Waals surface area contributed by atoms with E-state index in [0.717, 1.165) is 21.6 Å². The van der Waals surface area contributed by atoms with Crippen LogP contribution in [-0.2, 0) is 19.2 Å². The van der Waals surface area contributed by atoms with Gasteiger partial charge in [0.15, 0.2) is 0 Å². The molecule has 0 aliphatic heterocycles. The maximum atomic E-state index is 10.6. The van der Waals surface area contributed by atoms with Gasteiger partial charge in [-0.2, -0.15) is 0 Å². The average Bonchev–Trinajstić information content (AvgIpc) is 2.22. The van der Waals surface area contributed by atoms with E-state index in [-0.39, 0.29) is 0 Å². The maximum Gasteiger partial charge on any atom is 0.304 e. The zero-order valence-corrected chi connectivity index (χ0v) is 11.9. The van der Waals surface area contributed by atoms with Crippen LogP contribution in [0, 0.1) is 0 Å². The fourth-order valence-corrected chi connectivity index (χ4v) is 4.13. The lowest BCUT2D eigenvalue weighted by Crippen LogP contribution is -2.17. The second-order valence-corrected chi connectivity index (χ2v) is 6.70. The number of carboxylic acids is 4. The van der Waals surface area contributed by atoms with E-state index in [4.69, 9.17) is 20.4 Å². The van der Waals surface area contributed by atoms with E-state index in [2.05, 4.69) is 0 Å². The van der Waals surface area contributed by atoms with E-state index in [1.807, 2.05) is 0 Å². The third-order valence-corrected chi connectivity index (χ3v) is 5.23. The molecule has 0 heterocycles. The second-order valence-electron chi connectivity index (χ2n) is 3.83. The van der Waals surface area contributed by atoms with E-state index in [9.17, 15) is 19.2 Å². The molecule has 20 heavy (non-hydrogen) atoms. The highest BCUT2D eigenvalue weighted by Crippen LogP contribution is 2.37. The van der Waals surface area contributed by atoms with Gasteiger partial charge < -0.3 is 20.4 Å². The van der Waals surface area contributed by atoms with E-state index in [1.54, 1.807) is 0 Å². The van der Waals surface area contributed by atoms with Crippen molar-refractivity contribution in [3.05, 3.63) is 0 Å². The predicted octanol–water partition coefficient (Wildman–Crippen LogP) is 1.00. The molecule has 8 nitrogen and oxygen atoms in total. The number of carbonyl (C=O) groups is 4. The molecule has 0 aliphatic carbocycles. The summed E-state index contributed by atoms with van der Waals surface area (Å²) in [5.41, 5.74) is 0. The fraction of sp³-hybridized carbons (Fsp3) is 0.600. The van der Waals surface area contributed by atoms with Gasteiger partial charge in [-0.25, -0.2) is 0 Å². The van der Waals surface area contributed by atoms with Crippen LogP contribution >= 0.6 is 21.6 Å². The molecular weight excluding hydrogens is 312 g/mol. The Labute approximate surface area is 121 Å².